The third-order valence-electron chi connectivity index (χ3n) is 5.11. The first-order valence-electron chi connectivity index (χ1n) is 8.72. The van der Waals surface area contributed by atoms with Gasteiger partial charge in [-0.3, -0.25) is 14.5 Å². The van der Waals surface area contributed by atoms with E-state index in [1.165, 1.54) is 12.1 Å². The van der Waals surface area contributed by atoms with Gasteiger partial charge in [-0.05, 0) is 42.9 Å². The van der Waals surface area contributed by atoms with Gasteiger partial charge in [0.15, 0.2) is 0 Å². The lowest BCUT2D eigenvalue weighted by molar-refractivity contribution is -0.137. The van der Waals surface area contributed by atoms with Crippen LogP contribution in [0.2, 0.25) is 0 Å². The van der Waals surface area contributed by atoms with Crippen LogP contribution in [0.1, 0.15) is 36.3 Å². The van der Waals surface area contributed by atoms with E-state index in [9.17, 15) is 22.8 Å². The highest BCUT2D eigenvalue weighted by Crippen LogP contribution is 2.48. The molecule has 2 fully saturated rings. The van der Waals surface area contributed by atoms with Gasteiger partial charge >= 0.3 is 6.18 Å². The average Bonchev–Trinajstić information content (AvgIpc) is 3.36. The Morgan fingerprint density at radius 2 is 1.77 bits per heavy atom. The predicted octanol–water partition coefficient (Wildman–Crippen LogP) is 1.87. The lowest BCUT2D eigenvalue weighted by Crippen LogP contribution is -2.47. The molecular formula is C18H22F3N3O2. The number of piperidine rings is 1. The Balaban J connectivity index is 1.47. The smallest absolute Gasteiger partial charge is 0.369 e. The molecule has 2 atom stereocenters. The number of benzene rings is 1. The zero-order valence-electron chi connectivity index (χ0n) is 14.3. The molecule has 2 amide bonds. The number of rotatable bonds is 5. The molecule has 2 aliphatic rings. The number of alkyl halides is 3. The normalized spacial score (nSPS) is 24.3. The van der Waals surface area contributed by atoms with Crippen LogP contribution in [0.5, 0.6) is 0 Å². The van der Waals surface area contributed by atoms with Crippen molar-refractivity contribution in [2.75, 3.05) is 19.6 Å². The number of nitrogens with one attached hydrogen (secondary N) is 1. The molecule has 0 bridgehead atoms. The summed E-state index contributed by atoms with van der Waals surface area (Å²) in [6, 6.07) is 5.13. The van der Waals surface area contributed by atoms with Crippen molar-refractivity contribution in [3.05, 3.63) is 35.4 Å². The summed E-state index contributed by atoms with van der Waals surface area (Å²) in [5, 5.41) is 3.03. The number of carbonyl (C=O) groups is 2. The van der Waals surface area contributed by atoms with Gasteiger partial charge in [0.05, 0.1) is 12.1 Å². The molecule has 1 aliphatic heterocycles. The van der Waals surface area contributed by atoms with Crippen LogP contribution in [-0.2, 0) is 15.8 Å². The SMILES string of the molecule is NC(=O)CN1CCC(NC(=O)C2CC2c2ccc(C(F)(F)F)cc2)CC1. The summed E-state index contributed by atoms with van der Waals surface area (Å²) in [5.41, 5.74) is 5.27. The molecule has 3 N–H and O–H groups in total. The monoisotopic (exact) mass is 369 g/mol. The van der Waals surface area contributed by atoms with Crippen LogP contribution >= 0.6 is 0 Å². The fourth-order valence-electron chi connectivity index (χ4n) is 3.54. The predicted molar refractivity (Wildman–Crippen MR) is 89.1 cm³/mol. The molecule has 1 heterocycles. The van der Waals surface area contributed by atoms with E-state index >= 15 is 0 Å². The van der Waals surface area contributed by atoms with Crippen LogP contribution in [-0.4, -0.2) is 42.4 Å². The summed E-state index contributed by atoms with van der Waals surface area (Å²) in [6.45, 7) is 1.65. The Morgan fingerprint density at radius 1 is 1.15 bits per heavy atom. The second kappa shape index (κ2) is 7.26. The van der Waals surface area contributed by atoms with E-state index in [1.807, 2.05) is 4.90 Å². The van der Waals surface area contributed by atoms with Crippen molar-refractivity contribution in [2.24, 2.45) is 11.7 Å². The molecular weight excluding hydrogens is 347 g/mol. The maximum Gasteiger partial charge on any atom is 0.416 e. The van der Waals surface area contributed by atoms with Gasteiger partial charge in [-0.25, -0.2) is 0 Å². The number of halogens is 3. The second-order valence-electron chi connectivity index (χ2n) is 7.09. The summed E-state index contributed by atoms with van der Waals surface area (Å²) in [4.78, 5) is 25.2. The van der Waals surface area contributed by atoms with Gasteiger partial charge in [-0.2, -0.15) is 13.2 Å². The van der Waals surface area contributed by atoms with Crippen LogP contribution < -0.4 is 11.1 Å². The van der Waals surface area contributed by atoms with Crippen molar-refractivity contribution in [1.82, 2.24) is 10.2 Å². The molecule has 1 aromatic rings. The number of primary amides is 1. The summed E-state index contributed by atoms with van der Waals surface area (Å²) in [6.07, 6.45) is -2.16. The molecule has 1 aliphatic carbocycles. The Hall–Kier alpha value is -2.09. The summed E-state index contributed by atoms with van der Waals surface area (Å²) in [5.74, 6) is -0.573. The highest BCUT2D eigenvalue weighted by atomic mass is 19.4. The van der Waals surface area contributed by atoms with E-state index in [1.54, 1.807) is 0 Å². The lowest BCUT2D eigenvalue weighted by atomic mass is 10.0. The molecule has 8 heteroatoms. The highest BCUT2D eigenvalue weighted by Gasteiger charge is 2.44. The first-order chi connectivity index (χ1) is 12.2. The average molecular weight is 369 g/mol. The number of hydrogen-bond acceptors (Lipinski definition) is 3. The standard InChI is InChI=1S/C18H22F3N3O2/c19-18(20,21)12-3-1-11(2-4-12)14-9-15(14)17(26)23-13-5-7-24(8-6-13)10-16(22)25/h1-4,13-15H,5-10H2,(H2,22,25)(H,23,26). The van der Waals surface area contributed by atoms with Gasteiger partial charge in [0, 0.05) is 25.0 Å². The fraction of sp³-hybridized carbons (Fsp3) is 0.556. The molecule has 1 aromatic carbocycles. The maximum absolute atomic E-state index is 12.6. The maximum atomic E-state index is 12.6. The molecule has 5 nitrogen and oxygen atoms in total. The lowest BCUT2D eigenvalue weighted by Gasteiger charge is -2.31. The van der Waals surface area contributed by atoms with Crippen molar-refractivity contribution < 1.29 is 22.8 Å². The minimum Gasteiger partial charge on any atom is -0.369 e. The Morgan fingerprint density at radius 3 is 2.31 bits per heavy atom. The fourth-order valence-corrected chi connectivity index (χ4v) is 3.54. The number of carbonyl (C=O) groups excluding carboxylic acids is 2. The summed E-state index contributed by atoms with van der Waals surface area (Å²) in [7, 11) is 0. The molecule has 3 rings (SSSR count). The number of likely N-dealkylation sites (tertiary alicyclic amines) is 1. The van der Waals surface area contributed by atoms with E-state index in [-0.39, 0.29) is 36.2 Å². The van der Waals surface area contributed by atoms with Crippen LogP contribution in [0.3, 0.4) is 0 Å². The van der Waals surface area contributed by atoms with Gasteiger partial charge in [-0.1, -0.05) is 12.1 Å². The number of nitrogens with zero attached hydrogens (tertiary/aromatic N) is 1. The van der Waals surface area contributed by atoms with Crippen molar-refractivity contribution in [1.29, 1.82) is 0 Å². The third kappa shape index (κ3) is 4.55. The van der Waals surface area contributed by atoms with Crippen molar-refractivity contribution in [3.8, 4) is 0 Å². The molecule has 0 radical (unpaired) electrons. The third-order valence-corrected chi connectivity index (χ3v) is 5.11. The zero-order chi connectivity index (χ0) is 18.9. The van der Waals surface area contributed by atoms with Crippen LogP contribution in [0.15, 0.2) is 24.3 Å². The minimum absolute atomic E-state index is 0.00719. The number of hydrogen-bond donors (Lipinski definition) is 2. The topological polar surface area (TPSA) is 75.4 Å². The highest BCUT2D eigenvalue weighted by molar-refractivity contribution is 5.83. The molecule has 142 valence electrons. The van der Waals surface area contributed by atoms with Crippen LogP contribution in [0.25, 0.3) is 0 Å². The molecule has 26 heavy (non-hydrogen) atoms. The Labute approximate surface area is 149 Å². The van der Waals surface area contributed by atoms with E-state index in [2.05, 4.69) is 5.32 Å². The van der Waals surface area contributed by atoms with Gasteiger partial charge in [0.25, 0.3) is 0 Å². The minimum atomic E-state index is -4.35. The van der Waals surface area contributed by atoms with Gasteiger partial charge in [0.1, 0.15) is 0 Å². The molecule has 2 unspecified atom stereocenters. The Bertz CT molecular complexity index is 667. The van der Waals surface area contributed by atoms with Crippen molar-refractivity contribution >= 4 is 11.8 Å². The van der Waals surface area contributed by atoms with Gasteiger partial charge in [0.2, 0.25) is 11.8 Å². The molecule has 1 saturated heterocycles. The molecule has 0 spiro atoms. The number of nitrogens with two attached hydrogens (primary N) is 1. The van der Waals surface area contributed by atoms with E-state index in [0.717, 1.165) is 30.5 Å². The first-order valence-corrected chi connectivity index (χ1v) is 8.72. The second-order valence-corrected chi connectivity index (χ2v) is 7.09. The van der Waals surface area contributed by atoms with Crippen LogP contribution in [0, 0.1) is 5.92 Å². The first kappa shape index (κ1) is 18.7. The van der Waals surface area contributed by atoms with E-state index in [4.69, 9.17) is 5.73 Å². The quantitative estimate of drug-likeness (QED) is 0.832. The van der Waals surface area contributed by atoms with Gasteiger partial charge < -0.3 is 11.1 Å². The zero-order valence-corrected chi connectivity index (χ0v) is 14.3. The van der Waals surface area contributed by atoms with Crippen molar-refractivity contribution in [2.45, 2.75) is 37.4 Å². The van der Waals surface area contributed by atoms with Crippen LogP contribution in [0.4, 0.5) is 13.2 Å². The molecule has 1 saturated carbocycles. The van der Waals surface area contributed by atoms with Gasteiger partial charge in [-0.15, -0.1) is 0 Å². The summed E-state index contributed by atoms with van der Waals surface area (Å²) >= 11 is 0. The summed E-state index contributed by atoms with van der Waals surface area (Å²) < 4.78 is 37.8. The Kier molecular flexibility index (Phi) is 5.22. The number of amides is 2. The van der Waals surface area contributed by atoms with E-state index < -0.39 is 11.7 Å². The largest absolute Gasteiger partial charge is 0.416 e. The van der Waals surface area contributed by atoms with E-state index in [0.29, 0.717) is 19.5 Å². The van der Waals surface area contributed by atoms with Crippen molar-refractivity contribution in [3.63, 3.8) is 0 Å². The molecule has 0 aromatic heterocycles.